The summed E-state index contributed by atoms with van der Waals surface area (Å²) < 4.78 is 1.96. The molecule has 2 aromatic rings. The van der Waals surface area contributed by atoms with E-state index < -0.39 is 0 Å². The Hall–Kier alpha value is -1.62. The van der Waals surface area contributed by atoms with E-state index in [4.69, 9.17) is 0 Å². The van der Waals surface area contributed by atoms with Gasteiger partial charge in [-0.1, -0.05) is 12.8 Å². The van der Waals surface area contributed by atoms with E-state index in [1.807, 2.05) is 27.6 Å². The summed E-state index contributed by atoms with van der Waals surface area (Å²) in [6.07, 6.45) is 6.57. The number of hydrogen-bond acceptors (Lipinski definition) is 3. The average Bonchev–Trinajstić information content (AvgIpc) is 3.11. The molecule has 0 aromatic carbocycles. The van der Waals surface area contributed by atoms with Gasteiger partial charge in [-0.2, -0.15) is 16.4 Å². The number of thiophene rings is 1. The molecule has 2 aromatic heterocycles. The molecule has 0 spiro atoms. The highest BCUT2D eigenvalue weighted by Crippen LogP contribution is 2.31. The number of aromatic nitrogens is 2. The second-order valence-corrected chi connectivity index (χ2v) is 5.35. The molecule has 1 aliphatic carbocycles. The zero-order valence-corrected chi connectivity index (χ0v) is 10.8. The van der Waals surface area contributed by atoms with Gasteiger partial charge in [0.2, 0.25) is 0 Å². The van der Waals surface area contributed by atoms with Crippen LogP contribution in [0.15, 0.2) is 29.1 Å². The second-order valence-electron chi connectivity index (χ2n) is 4.57. The molecule has 18 heavy (non-hydrogen) atoms. The monoisotopic (exact) mass is 261 g/mol. The summed E-state index contributed by atoms with van der Waals surface area (Å²) in [5.74, 6) is 0.745. The van der Waals surface area contributed by atoms with Gasteiger partial charge in [-0.25, -0.2) is 4.68 Å². The lowest BCUT2D eigenvalue weighted by Gasteiger charge is -2.14. The number of carbonyl (C=O) groups excluding carboxylic acids is 1. The van der Waals surface area contributed by atoms with Crippen molar-refractivity contribution >= 4 is 23.1 Å². The van der Waals surface area contributed by atoms with E-state index in [2.05, 4.69) is 10.4 Å². The fraction of sp³-hybridized carbons (Fsp3) is 0.385. The molecule has 0 atom stereocenters. The first-order chi connectivity index (χ1) is 8.84. The van der Waals surface area contributed by atoms with Crippen molar-refractivity contribution in [2.24, 2.45) is 0 Å². The van der Waals surface area contributed by atoms with Crippen LogP contribution in [0.3, 0.4) is 0 Å². The Kier molecular flexibility index (Phi) is 3.15. The highest BCUT2D eigenvalue weighted by Gasteiger charge is 2.20. The van der Waals surface area contributed by atoms with Gasteiger partial charge in [0.05, 0.1) is 17.8 Å². The minimum Gasteiger partial charge on any atom is -0.307 e. The Morgan fingerprint density at radius 3 is 2.94 bits per heavy atom. The summed E-state index contributed by atoms with van der Waals surface area (Å²) in [4.78, 5) is 12.0. The van der Waals surface area contributed by atoms with Gasteiger partial charge in [-0.15, -0.1) is 0 Å². The second kappa shape index (κ2) is 4.94. The largest absolute Gasteiger partial charge is 0.307 e. The van der Waals surface area contributed by atoms with E-state index in [1.165, 1.54) is 24.2 Å². The molecule has 0 saturated heterocycles. The van der Waals surface area contributed by atoms with Crippen LogP contribution < -0.4 is 5.32 Å². The molecule has 94 valence electrons. The average molecular weight is 261 g/mol. The SMILES string of the molecule is O=C(Nc1ccnn1C1CCCC1)c1ccsc1. The Labute approximate surface area is 110 Å². The minimum absolute atomic E-state index is 0.0593. The van der Waals surface area contributed by atoms with E-state index in [0.717, 1.165) is 18.7 Å². The highest BCUT2D eigenvalue weighted by molar-refractivity contribution is 7.08. The number of anilines is 1. The maximum Gasteiger partial charge on any atom is 0.257 e. The molecule has 0 unspecified atom stereocenters. The van der Waals surface area contributed by atoms with E-state index in [9.17, 15) is 4.79 Å². The van der Waals surface area contributed by atoms with Crippen LogP contribution in [-0.4, -0.2) is 15.7 Å². The van der Waals surface area contributed by atoms with Crippen molar-refractivity contribution in [2.45, 2.75) is 31.7 Å². The lowest BCUT2D eigenvalue weighted by Crippen LogP contribution is -2.17. The Morgan fingerprint density at radius 1 is 1.39 bits per heavy atom. The Morgan fingerprint density at radius 2 is 2.22 bits per heavy atom. The molecule has 2 heterocycles. The van der Waals surface area contributed by atoms with Crippen LogP contribution >= 0.6 is 11.3 Å². The Balaban J connectivity index is 1.77. The van der Waals surface area contributed by atoms with Gasteiger partial charge in [0, 0.05) is 11.4 Å². The smallest absolute Gasteiger partial charge is 0.257 e. The molecule has 3 rings (SSSR count). The van der Waals surface area contributed by atoms with Crippen LogP contribution in [-0.2, 0) is 0 Å². The zero-order chi connectivity index (χ0) is 12.4. The van der Waals surface area contributed by atoms with Gasteiger partial charge in [0.1, 0.15) is 5.82 Å². The fourth-order valence-electron chi connectivity index (χ4n) is 2.44. The summed E-state index contributed by atoms with van der Waals surface area (Å²) in [5.41, 5.74) is 0.708. The first-order valence-corrected chi connectivity index (χ1v) is 7.16. The molecule has 0 radical (unpaired) electrons. The van der Waals surface area contributed by atoms with Crippen LogP contribution in [0.2, 0.25) is 0 Å². The minimum atomic E-state index is -0.0593. The standard InChI is InChI=1S/C13H15N3OS/c17-13(10-6-8-18-9-10)15-12-5-7-14-16(12)11-3-1-2-4-11/h5-9,11H,1-4H2,(H,15,17). The number of carbonyl (C=O) groups is 1. The summed E-state index contributed by atoms with van der Waals surface area (Å²) >= 11 is 1.53. The third-order valence-electron chi connectivity index (χ3n) is 3.37. The van der Waals surface area contributed by atoms with Crippen molar-refractivity contribution in [3.8, 4) is 0 Å². The van der Waals surface area contributed by atoms with Crippen LogP contribution in [0.5, 0.6) is 0 Å². The van der Waals surface area contributed by atoms with E-state index in [1.54, 1.807) is 6.20 Å². The molecule has 1 fully saturated rings. The number of hydrogen-bond donors (Lipinski definition) is 1. The van der Waals surface area contributed by atoms with Crippen molar-refractivity contribution in [1.29, 1.82) is 0 Å². The maximum absolute atomic E-state index is 12.0. The number of nitrogens with zero attached hydrogens (tertiary/aromatic N) is 2. The summed E-state index contributed by atoms with van der Waals surface area (Å²) in [5, 5.41) is 11.0. The summed E-state index contributed by atoms with van der Waals surface area (Å²) in [6.45, 7) is 0. The molecule has 1 amide bonds. The predicted molar refractivity (Wildman–Crippen MR) is 72.0 cm³/mol. The maximum atomic E-state index is 12.0. The van der Waals surface area contributed by atoms with Crippen LogP contribution in [0, 0.1) is 0 Å². The van der Waals surface area contributed by atoms with Crippen molar-refractivity contribution < 1.29 is 4.79 Å². The molecule has 1 saturated carbocycles. The van der Waals surface area contributed by atoms with Crippen molar-refractivity contribution in [3.05, 3.63) is 34.7 Å². The molecular formula is C13H15N3OS. The van der Waals surface area contributed by atoms with Gasteiger partial charge in [-0.3, -0.25) is 4.79 Å². The normalized spacial score (nSPS) is 16.0. The number of nitrogens with one attached hydrogen (secondary N) is 1. The van der Waals surface area contributed by atoms with Crippen molar-refractivity contribution in [1.82, 2.24) is 9.78 Å². The molecule has 0 aliphatic heterocycles. The number of rotatable bonds is 3. The van der Waals surface area contributed by atoms with Crippen molar-refractivity contribution in [2.75, 3.05) is 5.32 Å². The summed E-state index contributed by atoms with van der Waals surface area (Å²) in [6, 6.07) is 4.14. The lowest BCUT2D eigenvalue weighted by molar-refractivity contribution is 0.102. The van der Waals surface area contributed by atoms with Gasteiger partial charge >= 0.3 is 0 Å². The number of amides is 1. The van der Waals surface area contributed by atoms with Gasteiger partial charge < -0.3 is 5.32 Å². The first-order valence-electron chi connectivity index (χ1n) is 6.21. The van der Waals surface area contributed by atoms with Gasteiger partial charge in [-0.05, 0) is 24.3 Å². The Bertz CT molecular complexity index is 526. The van der Waals surface area contributed by atoms with E-state index in [-0.39, 0.29) is 5.91 Å². The van der Waals surface area contributed by atoms with Crippen LogP contribution in [0.1, 0.15) is 42.1 Å². The molecule has 1 aliphatic rings. The fourth-order valence-corrected chi connectivity index (χ4v) is 3.07. The molecule has 5 heteroatoms. The van der Waals surface area contributed by atoms with Crippen LogP contribution in [0.25, 0.3) is 0 Å². The third kappa shape index (κ3) is 2.18. The molecule has 1 N–H and O–H groups in total. The van der Waals surface area contributed by atoms with Crippen LogP contribution in [0.4, 0.5) is 5.82 Å². The lowest BCUT2D eigenvalue weighted by atomic mass is 10.2. The predicted octanol–water partition coefficient (Wildman–Crippen LogP) is 3.31. The van der Waals surface area contributed by atoms with Gasteiger partial charge in [0.15, 0.2) is 0 Å². The first kappa shape index (κ1) is 11.5. The highest BCUT2D eigenvalue weighted by atomic mass is 32.1. The zero-order valence-electron chi connectivity index (χ0n) is 10.0. The topological polar surface area (TPSA) is 46.9 Å². The van der Waals surface area contributed by atoms with Gasteiger partial charge in [0.25, 0.3) is 5.91 Å². The molecule has 4 nitrogen and oxygen atoms in total. The van der Waals surface area contributed by atoms with Crippen molar-refractivity contribution in [3.63, 3.8) is 0 Å². The third-order valence-corrected chi connectivity index (χ3v) is 4.05. The van der Waals surface area contributed by atoms with E-state index >= 15 is 0 Å². The quantitative estimate of drug-likeness (QED) is 0.921. The summed E-state index contributed by atoms with van der Waals surface area (Å²) in [7, 11) is 0. The molecular weight excluding hydrogens is 246 g/mol. The van der Waals surface area contributed by atoms with E-state index in [0.29, 0.717) is 11.6 Å². The molecule has 0 bridgehead atoms.